The van der Waals surface area contributed by atoms with Gasteiger partial charge >= 0.3 is 5.97 Å². The molecule has 3 aromatic rings. The van der Waals surface area contributed by atoms with Crippen LogP contribution in [0.15, 0.2) is 52.3 Å². The Labute approximate surface area is 209 Å². The van der Waals surface area contributed by atoms with Crippen LogP contribution in [0.4, 0.5) is 5.69 Å². The van der Waals surface area contributed by atoms with Crippen LogP contribution in [-0.2, 0) is 34.3 Å². The molecular weight excluding hydrogens is 484 g/mol. The van der Waals surface area contributed by atoms with Gasteiger partial charge in [0.25, 0.3) is 10.0 Å². The molecule has 1 heterocycles. The lowest BCUT2D eigenvalue weighted by molar-refractivity contribution is -0.131. The van der Waals surface area contributed by atoms with Gasteiger partial charge in [-0.3, -0.25) is 4.31 Å². The predicted molar refractivity (Wildman–Crippen MR) is 138 cm³/mol. The summed E-state index contributed by atoms with van der Waals surface area (Å²) in [6.07, 6.45) is 7.03. The Morgan fingerprint density at radius 1 is 1.23 bits per heavy atom. The summed E-state index contributed by atoms with van der Waals surface area (Å²) < 4.78 is 34.8. The van der Waals surface area contributed by atoms with E-state index in [0.717, 1.165) is 58.9 Å². The second-order valence-electron chi connectivity index (χ2n) is 8.78. The second kappa shape index (κ2) is 10.2. The number of aryl methyl sites for hydroxylation is 3. The first-order valence-corrected chi connectivity index (χ1v) is 13.7. The van der Waals surface area contributed by atoms with Crippen LogP contribution >= 0.6 is 11.3 Å². The molecule has 1 N–H and O–H groups in total. The second-order valence-corrected chi connectivity index (χ2v) is 11.7. The van der Waals surface area contributed by atoms with E-state index in [0.29, 0.717) is 11.4 Å². The van der Waals surface area contributed by atoms with Crippen LogP contribution < -0.4 is 9.04 Å². The van der Waals surface area contributed by atoms with Gasteiger partial charge in [-0.25, -0.2) is 9.78 Å². The number of hydrogen-bond acceptors (Lipinski definition) is 6. The monoisotopic (exact) mass is 512 g/mol. The average Bonchev–Trinajstić information content (AvgIpc) is 3.49. The molecule has 1 aliphatic rings. The number of rotatable bonds is 9. The molecule has 2 aromatic carbocycles. The molecule has 4 rings (SSSR count). The Bertz CT molecular complexity index is 1360. The molecule has 0 fully saturated rings. The molecular formula is C26H28N2O5S2. The Morgan fingerprint density at radius 2 is 1.97 bits per heavy atom. The van der Waals surface area contributed by atoms with Crippen molar-refractivity contribution in [2.24, 2.45) is 0 Å². The predicted octanol–water partition coefficient (Wildman–Crippen LogP) is 5.22. The number of anilines is 1. The van der Waals surface area contributed by atoms with Gasteiger partial charge in [0, 0.05) is 23.7 Å². The minimum absolute atomic E-state index is 0.0542. The number of aromatic nitrogens is 1. The standard InChI is InChI=1S/C26H28N2O5S2/c1-17(2)28(35(31,32)26-27-11-12-34-26)23-14-20-5-4-6-21(20)15-24(23)33-16-22-9-7-19(13-18(22)3)8-10-25(29)30/h7-15,17H,4-6,16H2,1-3H3,(H,29,30). The van der Waals surface area contributed by atoms with Gasteiger partial charge in [-0.05, 0) is 86.1 Å². The van der Waals surface area contributed by atoms with Gasteiger partial charge in [0.15, 0.2) is 0 Å². The fraction of sp³-hybridized carbons (Fsp3) is 0.308. The van der Waals surface area contributed by atoms with E-state index in [9.17, 15) is 13.2 Å². The molecule has 0 bridgehead atoms. The lowest BCUT2D eigenvalue weighted by Crippen LogP contribution is -2.37. The van der Waals surface area contributed by atoms with Gasteiger partial charge in [-0.1, -0.05) is 18.2 Å². The summed E-state index contributed by atoms with van der Waals surface area (Å²) in [5.41, 5.74) is 5.53. The fourth-order valence-electron chi connectivity index (χ4n) is 4.29. The van der Waals surface area contributed by atoms with E-state index < -0.39 is 16.0 Å². The Kier molecular flexibility index (Phi) is 7.28. The van der Waals surface area contributed by atoms with E-state index in [4.69, 9.17) is 9.84 Å². The summed E-state index contributed by atoms with van der Waals surface area (Å²) in [4.78, 5) is 14.9. The van der Waals surface area contributed by atoms with Crippen molar-refractivity contribution < 1.29 is 23.1 Å². The summed E-state index contributed by atoms with van der Waals surface area (Å²) in [6.45, 7) is 5.88. The Hall–Kier alpha value is -3.17. The van der Waals surface area contributed by atoms with E-state index >= 15 is 0 Å². The fourth-order valence-corrected chi connectivity index (χ4v) is 6.86. The number of carboxylic acids is 1. The van der Waals surface area contributed by atoms with Crippen molar-refractivity contribution in [3.63, 3.8) is 0 Å². The number of hydrogen-bond donors (Lipinski definition) is 1. The van der Waals surface area contributed by atoms with Crippen molar-refractivity contribution >= 4 is 39.1 Å². The van der Waals surface area contributed by atoms with Crippen LogP contribution in [0.2, 0.25) is 0 Å². The van der Waals surface area contributed by atoms with Gasteiger partial charge in [0.2, 0.25) is 4.34 Å². The van der Waals surface area contributed by atoms with E-state index in [1.54, 1.807) is 11.5 Å². The number of fused-ring (bicyclic) bond motifs is 1. The molecule has 1 aliphatic carbocycles. The van der Waals surface area contributed by atoms with Gasteiger partial charge < -0.3 is 9.84 Å². The first-order valence-electron chi connectivity index (χ1n) is 11.4. The quantitative estimate of drug-likeness (QED) is 0.395. The number of thiazole rings is 1. The molecule has 0 spiro atoms. The highest BCUT2D eigenvalue weighted by molar-refractivity contribution is 7.94. The maximum Gasteiger partial charge on any atom is 0.328 e. The van der Waals surface area contributed by atoms with Crippen LogP contribution in [-0.4, -0.2) is 30.5 Å². The molecule has 0 aliphatic heterocycles. The number of ether oxygens (including phenoxy) is 1. The van der Waals surface area contributed by atoms with Crippen molar-refractivity contribution in [1.29, 1.82) is 0 Å². The highest BCUT2D eigenvalue weighted by Crippen LogP contribution is 2.40. The van der Waals surface area contributed by atoms with Crippen molar-refractivity contribution in [1.82, 2.24) is 4.98 Å². The topological polar surface area (TPSA) is 96.8 Å². The lowest BCUT2D eigenvalue weighted by atomic mass is 10.0. The molecule has 0 amide bonds. The maximum atomic E-state index is 13.5. The molecule has 0 unspecified atom stereocenters. The molecule has 0 atom stereocenters. The van der Waals surface area contributed by atoms with Gasteiger partial charge in [-0.2, -0.15) is 8.42 Å². The summed E-state index contributed by atoms with van der Waals surface area (Å²) in [6, 6.07) is 9.22. The van der Waals surface area contributed by atoms with Crippen molar-refractivity contribution in [2.75, 3.05) is 4.31 Å². The number of sulfonamides is 1. The average molecular weight is 513 g/mol. The summed E-state index contributed by atoms with van der Waals surface area (Å²) in [5, 5.41) is 10.5. The van der Waals surface area contributed by atoms with Gasteiger partial charge in [-0.15, -0.1) is 11.3 Å². The lowest BCUT2D eigenvalue weighted by Gasteiger charge is -2.29. The zero-order valence-electron chi connectivity index (χ0n) is 19.9. The Balaban J connectivity index is 1.69. The molecule has 0 radical (unpaired) electrons. The molecule has 9 heteroatoms. The minimum atomic E-state index is -3.85. The zero-order chi connectivity index (χ0) is 25.2. The first-order chi connectivity index (χ1) is 16.7. The number of carbonyl (C=O) groups is 1. The van der Waals surface area contributed by atoms with E-state index in [-0.39, 0.29) is 17.0 Å². The van der Waals surface area contributed by atoms with Crippen LogP contribution in [0.3, 0.4) is 0 Å². The molecule has 35 heavy (non-hydrogen) atoms. The van der Waals surface area contributed by atoms with Crippen LogP contribution in [0.25, 0.3) is 6.08 Å². The smallest absolute Gasteiger partial charge is 0.328 e. The van der Waals surface area contributed by atoms with Gasteiger partial charge in [0.1, 0.15) is 12.4 Å². The highest BCUT2D eigenvalue weighted by Gasteiger charge is 2.33. The SMILES string of the molecule is Cc1cc(C=CC(=O)O)ccc1COc1cc2c(cc1N(C(C)C)S(=O)(=O)c1nccs1)CCC2. The third-order valence-electron chi connectivity index (χ3n) is 5.94. The zero-order valence-corrected chi connectivity index (χ0v) is 21.5. The molecule has 0 saturated heterocycles. The maximum absolute atomic E-state index is 13.5. The summed E-state index contributed by atoms with van der Waals surface area (Å²) in [5.74, 6) is -0.477. The summed E-state index contributed by atoms with van der Waals surface area (Å²) >= 11 is 1.10. The first kappa shape index (κ1) is 24.9. The normalized spacial score (nSPS) is 13.4. The van der Waals surface area contributed by atoms with Gasteiger partial charge in [0.05, 0.1) is 5.69 Å². The minimum Gasteiger partial charge on any atom is -0.487 e. The molecule has 1 aromatic heterocycles. The van der Waals surface area contributed by atoms with Crippen LogP contribution in [0.5, 0.6) is 5.75 Å². The largest absolute Gasteiger partial charge is 0.487 e. The van der Waals surface area contributed by atoms with Crippen LogP contribution in [0.1, 0.15) is 48.1 Å². The van der Waals surface area contributed by atoms with E-state index in [2.05, 4.69) is 4.98 Å². The molecule has 0 saturated carbocycles. The number of benzene rings is 2. The number of carboxylic acid groups (broad SMARTS) is 1. The van der Waals surface area contributed by atoms with Crippen molar-refractivity contribution in [3.8, 4) is 5.75 Å². The molecule has 184 valence electrons. The van der Waals surface area contributed by atoms with Crippen molar-refractivity contribution in [2.45, 2.75) is 57.0 Å². The van der Waals surface area contributed by atoms with Crippen LogP contribution in [0, 0.1) is 6.92 Å². The van der Waals surface area contributed by atoms with E-state index in [1.807, 2.05) is 51.1 Å². The van der Waals surface area contributed by atoms with Crippen molar-refractivity contribution in [3.05, 3.63) is 75.8 Å². The highest BCUT2D eigenvalue weighted by atomic mass is 32.2. The van der Waals surface area contributed by atoms with E-state index in [1.165, 1.54) is 16.1 Å². The molecule has 7 nitrogen and oxygen atoms in total. The Morgan fingerprint density at radius 3 is 2.60 bits per heavy atom. The summed E-state index contributed by atoms with van der Waals surface area (Å²) in [7, 11) is -3.85. The number of aliphatic carboxylic acids is 1. The third kappa shape index (κ3) is 5.41. The third-order valence-corrected chi connectivity index (χ3v) is 9.11. The number of nitrogens with zero attached hydrogens (tertiary/aromatic N) is 2.